The van der Waals surface area contributed by atoms with Crippen molar-refractivity contribution in [3.63, 3.8) is 0 Å². The minimum atomic E-state index is -1.79. The molecule has 2 saturated heterocycles. The van der Waals surface area contributed by atoms with E-state index < -0.39 is 86.8 Å². The van der Waals surface area contributed by atoms with Crippen molar-refractivity contribution >= 4 is 5.91 Å². The number of amides is 1. The molecule has 0 radical (unpaired) electrons. The number of ether oxygens (including phenoxy) is 4. The molecule has 76 heavy (non-hydrogen) atoms. The van der Waals surface area contributed by atoms with Gasteiger partial charge in [0.15, 0.2) is 12.6 Å². The van der Waals surface area contributed by atoms with E-state index in [0.717, 1.165) is 64.2 Å². The first-order valence-electron chi connectivity index (χ1n) is 31.2. The molecule has 1 amide bonds. The summed E-state index contributed by atoms with van der Waals surface area (Å²) in [5.74, 6) is -0.234. The van der Waals surface area contributed by atoms with Crippen molar-refractivity contribution in [3.8, 4) is 0 Å². The third kappa shape index (κ3) is 33.1. The highest BCUT2D eigenvalue weighted by atomic mass is 16.7. The predicted octanol–water partition coefficient (Wildman–Crippen LogP) is 11.0. The number of nitrogens with one attached hydrogen (secondary N) is 1. The lowest BCUT2D eigenvalue weighted by molar-refractivity contribution is -0.359. The van der Waals surface area contributed by atoms with Crippen molar-refractivity contribution < 1.29 is 64.6 Å². The van der Waals surface area contributed by atoms with Crippen molar-refractivity contribution in [1.29, 1.82) is 0 Å². The van der Waals surface area contributed by atoms with Crippen molar-refractivity contribution in [2.75, 3.05) is 19.8 Å². The van der Waals surface area contributed by atoms with Gasteiger partial charge in [0, 0.05) is 6.42 Å². The molecule has 0 bridgehead atoms. The van der Waals surface area contributed by atoms with E-state index in [-0.39, 0.29) is 18.9 Å². The lowest BCUT2D eigenvalue weighted by atomic mass is 9.97. The summed E-state index contributed by atoms with van der Waals surface area (Å²) in [6.45, 7) is 2.74. The van der Waals surface area contributed by atoms with Crippen LogP contribution in [0.25, 0.3) is 0 Å². The Balaban J connectivity index is 1.67. The van der Waals surface area contributed by atoms with Crippen LogP contribution in [-0.2, 0) is 23.7 Å². The first kappa shape index (κ1) is 70.3. The van der Waals surface area contributed by atoms with E-state index in [1.165, 1.54) is 161 Å². The maximum Gasteiger partial charge on any atom is 0.220 e. The monoisotopic (exact) mass is 1080 g/mol. The standard InChI is InChI=1S/C62H115NO13/c1-3-5-7-9-11-13-15-17-18-19-20-21-22-23-24-25-26-27-28-29-30-31-32-34-35-37-39-41-43-45-51(66)50(63-54(67)46-44-42-40-38-36-33-16-14-12-10-8-6-4-2)49-73-61-59(72)57(70)60(53(48-65)75-61)76-62-58(71)56(69)55(68)52(47-64)74-62/h6,8,12,14,33,36,50-53,55-62,64-66,68-72H,3-5,7,9-11,13,15-32,34-35,37-49H2,1-2H3,(H,63,67)/b8-6-,14-12-,36-33-. The number of rotatable bonds is 50. The molecule has 12 unspecified atom stereocenters. The third-order valence-electron chi connectivity index (χ3n) is 15.4. The quantitative estimate of drug-likeness (QED) is 0.0204. The van der Waals surface area contributed by atoms with Gasteiger partial charge in [0.25, 0.3) is 0 Å². The first-order valence-corrected chi connectivity index (χ1v) is 31.2. The fourth-order valence-corrected chi connectivity index (χ4v) is 10.4. The fraction of sp³-hybridized carbons (Fsp3) is 0.887. The molecule has 446 valence electrons. The van der Waals surface area contributed by atoms with E-state index in [1.807, 2.05) is 0 Å². The number of hydrogen-bond donors (Lipinski definition) is 9. The summed E-state index contributed by atoms with van der Waals surface area (Å²) in [7, 11) is 0. The predicted molar refractivity (Wildman–Crippen MR) is 305 cm³/mol. The van der Waals surface area contributed by atoms with Gasteiger partial charge in [0.1, 0.15) is 48.8 Å². The van der Waals surface area contributed by atoms with Crippen LogP contribution in [-0.4, -0.2) is 140 Å². The van der Waals surface area contributed by atoms with Crippen LogP contribution in [0.3, 0.4) is 0 Å². The molecule has 14 nitrogen and oxygen atoms in total. The Kier molecular flexibility index (Phi) is 44.4. The molecule has 0 aromatic rings. The van der Waals surface area contributed by atoms with Crippen LogP contribution in [0.1, 0.15) is 258 Å². The van der Waals surface area contributed by atoms with Crippen LogP contribution in [0.4, 0.5) is 0 Å². The van der Waals surface area contributed by atoms with Gasteiger partial charge in [-0.05, 0) is 44.9 Å². The molecule has 2 rings (SSSR count). The minimum Gasteiger partial charge on any atom is -0.394 e. The number of hydrogen-bond acceptors (Lipinski definition) is 13. The highest BCUT2D eigenvalue weighted by molar-refractivity contribution is 5.76. The van der Waals surface area contributed by atoms with Crippen molar-refractivity contribution in [3.05, 3.63) is 36.5 Å². The van der Waals surface area contributed by atoms with Crippen molar-refractivity contribution in [2.24, 2.45) is 0 Å². The molecule has 2 aliphatic heterocycles. The van der Waals surface area contributed by atoms with Crippen LogP contribution >= 0.6 is 0 Å². The second-order valence-corrected chi connectivity index (χ2v) is 22.2. The molecule has 12 atom stereocenters. The molecule has 2 fully saturated rings. The van der Waals surface area contributed by atoms with Crippen LogP contribution < -0.4 is 5.32 Å². The number of unbranched alkanes of at least 4 members (excludes halogenated alkanes) is 31. The molecule has 2 heterocycles. The summed E-state index contributed by atoms with van der Waals surface area (Å²) in [5, 5.41) is 87.2. The highest BCUT2D eigenvalue weighted by Gasteiger charge is 2.51. The molecule has 0 aromatic carbocycles. The SMILES string of the molecule is CC/C=C\C/C=C\C/C=C\CCCCCC(=O)NC(COC1OC(CO)C(OC2OC(CO)C(O)C(O)C2O)C(O)C1O)C(O)CCCCCCCCCCCCCCCCCCCCCCCCCCCCCCC. The van der Waals surface area contributed by atoms with Crippen LogP contribution in [0.5, 0.6) is 0 Å². The summed E-state index contributed by atoms with van der Waals surface area (Å²) in [5.41, 5.74) is 0. The Hall–Kier alpha value is -1.79. The van der Waals surface area contributed by atoms with Crippen LogP contribution in [0, 0.1) is 0 Å². The number of aliphatic hydroxyl groups is 8. The number of carbonyl (C=O) groups excluding carboxylic acids is 1. The average molecular weight is 1080 g/mol. The Morgan fingerprint density at radius 3 is 1.38 bits per heavy atom. The summed E-state index contributed by atoms with van der Waals surface area (Å²) in [4.78, 5) is 13.2. The molecule has 0 spiro atoms. The number of aliphatic hydroxyl groups excluding tert-OH is 8. The normalized spacial score (nSPS) is 25.1. The van der Waals surface area contributed by atoms with E-state index in [2.05, 4.69) is 55.6 Å². The van der Waals surface area contributed by atoms with Gasteiger partial charge < -0.3 is 65.1 Å². The molecule has 2 aliphatic rings. The maximum atomic E-state index is 13.2. The Morgan fingerprint density at radius 2 is 0.908 bits per heavy atom. The largest absolute Gasteiger partial charge is 0.394 e. The van der Waals surface area contributed by atoms with Gasteiger partial charge in [-0.15, -0.1) is 0 Å². The summed E-state index contributed by atoms with van der Waals surface area (Å²) in [6.07, 6.45) is 41.8. The summed E-state index contributed by atoms with van der Waals surface area (Å²) in [6, 6.07) is -0.844. The zero-order valence-corrected chi connectivity index (χ0v) is 48.0. The molecule has 0 aromatic heterocycles. The average Bonchev–Trinajstić information content (AvgIpc) is 3.42. The van der Waals surface area contributed by atoms with Gasteiger partial charge >= 0.3 is 0 Å². The van der Waals surface area contributed by atoms with Gasteiger partial charge in [-0.25, -0.2) is 0 Å². The first-order chi connectivity index (χ1) is 37.1. The highest BCUT2D eigenvalue weighted by Crippen LogP contribution is 2.30. The molecule has 0 saturated carbocycles. The second kappa shape index (κ2) is 48.0. The Bertz CT molecular complexity index is 1410. The van der Waals surface area contributed by atoms with Gasteiger partial charge in [-0.1, -0.05) is 243 Å². The summed E-state index contributed by atoms with van der Waals surface area (Å²) >= 11 is 0. The van der Waals surface area contributed by atoms with E-state index in [9.17, 15) is 45.6 Å². The molecular weight excluding hydrogens is 967 g/mol. The smallest absolute Gasteiger partial charge is 0.220 e. The maximum absolute atomic E-state index is 13.2. The fourth-order valence-electron chi connectivity index (χ4n) is 10.4. The zero-order valence-electron chi connectivity index (χ0n) is 48.0. The Morgan fingerprint density at radius 1 is 0.487 bits per heavy atom. The van der Waals surface area contributed by atoms with Crippen LogP contribution in [0.15, 0.2) is 36.5 Å². The van der Waals surface area contributed by atoms with Crippen molar-refractivity contribution in [1.82, 2.24) is 5.32 Å². The van der Waals surface area contributed by atoms with E-state index in [1.54, 1.807) is 0 Å². The molecular formula is C62H115NO13. The number of carbonyl (C=O) groups is 1. The molecule has 0 aliphatic carbocycles. The number of allylic oxidation sites excluding steroid dienone is 6. The Labute approximate surface area is 461 Å². The topological polar surface area (TPSA) is 228 Å². The summed E-state index contributed by atoms with van der Waals surface area (Å²) < 4.78 is 22.8. The third-order valence-corrected chi connectivity index (χ3v) is 15.4. The van der Waals surface area contributed by atoms with E-state index in [0.29, 0.717) is 12.8 Å². The molecule has 14 heteroatoms. The zero-order chi connectivity index (χ0) is 55.3. The lowest BCUT2D eigenvalue weighted by Crippen LogP contribution is -2.65. The van der Waals surface area contributed by atoms with Crippen LogP contribution in [0.2, 0.25) is 0 Å². The minimum absolute atomic E-state index is 0.234. The van der Waals surface area contributed by atoms with Crippen molar-refractivity contribution in [2.45, 2.75) is 331 Å². The van der Waals surface area contributed by atoms with Gasteiger partial charge in [0.2, 0.25) is 5.91 Å². The molecule has 9 N–H and O–H groups in total. The van der Waals surface area contributed by atoms with Gasteiger partial charge in [-0.3, -0.25) is 4.79 Å². The van der Waals surface area contributed by atoms with Gasteiger partial charge in [-0.2, -0.15) is 0 Å². The lowest BCUT2D eigenvalue weighted by Gasteiger charge is -2.46. The van der Waals surface area contributed by atoms with E-state index in [4.69, 9.17) is 18.9 Å². The van der Waals surface area contributed by atoms with Gasteiger partial charge in [0.05, 0.1) is 32.0 Å². The van der Waals surface area contributed by atoms with E-state index >= 15 is 0 Å². The second-order valence-electron chi connectivity index (χ2n) is 22.2.